The Morgan fingerprint density at radius 1 is 1.27 bits per heavy atom. The number of hydrogen-bond acceptors (Lipinski definition) is 4. The van der Waals surface area contributed by atoms with E-state index in [1.165, 1.54) is 6.42 Å². The van der Waals surface area contributed by atoms with Crippen LogP contribution in [0.4, 0.5) is 5.69 Å². The first kappa shape index (κ1) is 21.0. The number of halogens is 1. The van der Waals surface area contributed by atoms with Crippen LogP contribution in [0.3, 0.4) is 0 Å². The van der Waals surface area contributed by atoms with E-state index >= 15 is 0 Å². The minimum Gasteiger partial charge on any atom is -0.493 e. The molecule has 2 fully saturated rings. The molecular formula is C20H31ClN2O3. The first-order valence-electron chi connectivity index (χ1n) is 9.52. The molecule has 0 spiro atoms. The van der Waals surface area contributed by atoms with E-state index in [9.17, 15) is 4.79 Å². The van der Waals surface area contributed by atoms with Crippen molar-refractivity contribution in [1.82, 2.24) is 5.32 Å². The van der Waals surface area contributed by atoms with E-state index in [0.717, 1.165) is 69.2 Å². The maximum atomic E-state index is 12.2. The predicted octanol–water partition coefficient (Wildman–Crippen LogP) is 3.55. The number of benzene rings is 1. The molecule has 0 bridgehead atoms. The molecule has 1 aromatic carbocycles. The maximum absolute atomic E-state index is 12.2. The third-order valence-electron chi connectivity index (χ3n) is 5.23. The molecule has 1 unspecified atom stereocenters. The molecule has 3 rings (SSSR count). The van der Waals surface area contributed by atoms with Crippen molar-refractivity contribution in [2.45, 2.75) is 39.0 Å². The van der Waals surface area contributed by atoms with Gasteiger partial charge in [0.05, 0.1) is 6.61 Å². The highest BCUT2D eigenvalue weighted by atomic mass is 35.5. The van der Waals surface area contributed by atoms with Gasteiger partial charge in [0.15, 0.2) is 0 Å². The molecule has 1 amide bonds. The van der Waals surface area contributed by atoms with Crippen molar-refractivity contribution in [3.63, 3.8) is 0 Å². The van der Waals surface area contributed by atoms with Crippen molar-refractivity contribution in [3.8, 4) is 5.75 Å². The van der Waals surface area contributed by atoms with E-state index in [-0.39, 0.29) is 18.3 Å². The highest BCUT2D eigenvalue weighted by Crippen LogP contribution is 2.25. The molecule has 0 aliphatic carbocycles. The van der Waals surface area contributed by atoms with Gasteiger partial charge in [0, 0.05) is 31.4 Å². The zero-order valence-electron chi connectivity index (χ0n) is 15.6. The van der Waals surface area contributed by atoms with Crippen molar-refractivity contribution in [2.24, 2.45) is 11.8 Å². The summed E-state index contributed by atoms with van der Waals surface area (Å²) in [4.78, 5) is 12.2. The van der Waals surface area contributed by atoms with Crippen LogP contribution in [0.15, 0.2) is 18.2 Å². The summed E-state index contributed by atoms with van der Waals surface area (Å²) in [6.07, 6.45) is 4.84. The Morgan fingerprint density at radius 3 is 2.81 bits per heavy atom. The quantitative estimate of drug-likeness (QED) is 0.757. The van der Waals surface area contributed by atoms with Crippen LogP contribution in [-0.4, -0.2) is 38.8 Å². The molecule has 26 heavy (non-hydrogen) atoms. The summed E-state index contributed by atoms with van der Waals surface area (Å²) in [6, 6.07) is 5.91. The van der Waals surface area contributed by atoms with Crippen molar-refractivity contribution in [1.29, 1.82) is 0 Å². The van der Waals surface area contributed by atoms with Crippen LogP contribution < -0.4 is 15.4 Å². The second-order valence-corrected chi connectivity index (χ2v) is 7.29. The van der Waals surface area contributed by atoms with Crippen LogP contribution in [0.2, 0.25) is 0 Å². The molecule has 0 radical (unpaired) electrons. The van der Waals surface area contributed by atoms with Gasteiger partial charge in [0.2, 0.25) is 5.91 Å². The third kappa shape index (κ3) is 6.45. The summed E-state index contributed by atoms with van der Waals surface area (Å²) < 4.78 is 11.4. The SMILES string of the molecule is Cc1ccc(NC(=O)CCC2CCNC2)cc1OCC1CCOCC1.Cl. The maximum Gasteiger partial charge on any atom is 0.224 e. The molecule has 2 aliphatic rings. The molecule has 146 valence electrons. The Labute approximate surface area is 162 Å². The van der Waals surface area contributed by atoms with Crippen molar-refractivity contribution < 1.29 is 14.3 Å². The Hall–Kier alpha value is -1.30. The zero-order chi connectivity index (χ0) is 17.5. The normalized spacial score (nSPS) is 20.4. The van der Waals surface area contributed by atoms with Crippen LogP contribution in [0.25, 0.3) is 0 Å². The van der Waals surface area contributed by atoms with Crippen molar-refractivity contribution in [2.75, 3.05) is 38.2 Å². The minimum absolute atomic E-state index is 0. The van der Waals surface area contributed by atoms with Crippen LogP contribution in [0, 0.1) is 18.8 Å². The van der Waals surface area contributed by atoms with Gasteiger partial charge in [-0.3, -0.25) is 4.79 Å². The molecular weight excluding hydrogens is 352 g/mol. The van der Waals surface area contributed by atoms with Gasteiger partial charge in [-0.15, -0.1) is 12.4 Å². The molecule has 2 heterocycles. The average molecular weight is 383 g/mol. The van der Waals surface area contributed by atoms with Crippen LogP contribution in [0.5, 0.6) is 5.75 Å². The minimum atomic E-state index is 0. The summed E-state index contributed by atoms with van der Waals surface area (Å²) in [5.41, 5.74) is 1.92. The molecule has 1 aromatic rings. The fourth-order valence-corrected chi connectivity index (χ4v) is 3.47. The molecule has 1 atom stereocenters. The van der Waals surface area contributed by atoms with Gasteiger partial charge in [0.25, 0.3) is 0 Å². The monoisotopic (exact) mass is 382 g/mol. The Morgan fingerprint density at radius 2 is 2.08 bits per heavy atom. The standard InChI is InChI=1S/C20H30N2O3.ClH/c1-15-2-4-18(22-20(23)5-3-16-6-9-21-13-16)12-19(15)25-14-17-7-10-24-11-8-17;/h2,4,12,16-17,21H,3,5-11,13-14H2,1H3,(H,22,23);1H. The topological polar surface area (TPSA) is 59.6 Å². The van der Waals surface area contributed by atoms with Gasteiger partial charge in [-0.25, -0.2) is 0 Å². The van der Waals surface area contributed by atoms with E-state index in [1.54, 1.807) is 0 Å². The smallest absolute Gasteiger partial charge is 0.224 e. The first-order valence-corrected chi connectivity index (χ1v) is 9.52. The lowest BCUT2D eigenvalue weighted by Gasteiger charge is -2.22. The zero-order valence-corrected chi connectivity index (χ0v) is 16.4. The second kappa shape index (κ2) is 10.8. The number of ether oxygens (including phenoxy) is 2. The van der Waals surface area contributed by atoms with Crippen LogP contribution in [-0.2, 0) is 9.53 Å². The van der Waals surface area contributed by atoms with E-state index in [1.807, 2.05) is 25.1 Å². The summed E-state index contributed by atoms with van der Waals surface area (Å²) >= 11 is 0. The fourth-order valence-electron chi connectivity index (χ4n) is 3.47. The van der Waals surface area contributed by atoms with Gasteiger partial charge >= 0.3 is 0 Å². The fraction of sp³-hybridized carbons (Fsp3) is 0.650. The predicted molar refractivity (Wildman–Crippen MR) is 106 cm³/mol. The number of hydrogen-bond donors (Lipinski definition) is 2. The highest BCUT2D eigenvalue weighted by Gasteiger charge is 2.17. The Balaban J connectivity index is 0.00000243. The molecule has 5 nitrogen and oxygen atoms in total. The molecule has 0 saturated carbocycles. The van der Waals surface area contributed by atoms with Crippen LogP contribution >= 0.6 is 12.4 Å². The van der Waals surface area contributed by atoms with Crippen LogP contribution in [0.1, 0.15) is 37.7 Å². The van der Waals surface area contributed by atoms with E-state index in [0.29, 0.717) is 18.3 Å². The number of anilines is 1. The number of rotatable bonds is 7. The summed E-state index contributed by atoms with van der Waals surface area (Å²) in [5, 5.41) is 6.36. The Kier molecular flexibility index (Phi) is 8.69. The van der Waals surface area contributed by atoms with Gasteiger partial charge in [-0.1, -0.05) is 6.07 Å². The van der Waals surface area contributed by atoms with Gasteiger partial charge < -0.3 is 20.1 Å². The van der Waals surface area contributed by atoms with E-state index < -0.39 is 0 Å². The highest BCUT2D eigenvalue weighted by molar-refractivity contribution is 5.90. The van der Waals surface area contributed by atoms with E-state index in [4.69, 9.17) is 9.47 Å². The number of carbonyl (C=O) groups is 1. The number of aryl methyl sites for hydroxylation is 1. The van der Waals surface area contributed by atoms with Crippen molar-refractivity contribution >= 4 is 24.0 Å². The second-order valence-electron chi connectivity index (χ2n) is 7.29. The third-order valence-corrected chi connectivity index (χ3v) is 5.23. The summed E-state index contributed by atoms with van der Waals surface area (Å²) in [5.74, 6) is 2.16. The molecule has 0 aromatic heterocycles. The van der Waals surface area contributed by atoms with E-state index in [2.05, 4.69) is 10.6 Å². The lowest BCUT2D eigenvalue weighted by molar-refractivity contribution is -0.116. The van der Waals surface area contributed by atoms with Gasteiger partial charge in [0.1, 0.15) is 5.75 Å². The molecule has 6 heteroatoms. The molecule has 2 saturated heterocycles. The Bertz CT molecular complexity index is 570. The first-order chi connectivity index (χ1) is 12.2. The number of amides is 1. The molecule has 2 aliphatic heterocycles. The largest absolute Gasteiger partial charge is 0.493 e. The summed E-state index contributed by atoms with van der Waals surface area (Å²) in [7, 11) is 0. The number of nitrogens with one attached hydrogen (secondary N) is 2. The lowest BCUT2D eigenvalue weighted by atomic mass is 10.0. The lowest BCUT2D eigenvalue weighted by Crippen LogP contribution is -2.21. The average Bonchev–Trinajstić information content (AvgIpc) is 3.15. The number of carbonyl (C=O) groups excluding carboxylic acids is 1. The summed E-state index contributed by atoms with van der Waals surface area (Å²) in [6.45, 7) is 6.55. The molecule has 2 N–H and O–H groups in total. The van der Waals surface area contributed by atoms with Gasteiger partial charge in [-0.05, 0) is 69.2 Å². The van der Waals surface area contributed by atoms with Gasteiger partial charge in [-0.2, -0.15) is 0 Å². The van der Waals surface area contributed by atoms with Crippen molar-refractivity contribution in [3.05, 3.63) is 23.8 Å².